The molecule has 0 radical (unpaired) electrons. The Morgan fingerprint density at radius 3 is 2.48 bits per heavy atom. The van der Waals surface area contributed by atoms with Crippen LogP contribution in [0.5, 0.6) is 0 Å². The summed E-state index contributed by atoms with van der Waals surface area (Å²) >= 11 is 5.22. The number of hydrogen-bond donors (Lipinski definition) is 3. The van der Waals surface area contributed by atoms with Crippen LogP contribution in [0.25, 0.3) is 0 Å². The predicted molar refractivity (Wildman–Crippen MR) is 114 cm³/mol. The third-order valence-electron chi connectivity index (χ3n) is 4.37. The first-order valence-corrected chi connectivity index (χ1v) is 9.23. The van der Waals surface area contributed by atoms with Crippen molar-refractivity contribution in [1.29, 1.82) is 0 Å². The van der Waals surface area contributed by atoms with Gasteiger partial charge in [0, 0.05) is 5.56 Å². The zero-order valence-corrected chi connectivity index (χ0v) is 16.8. The van der Waals surface area contributed by atoms with Gasteiger partial charge in [-0.05, 0) is 54.9 Å². The van der Waals surface area contributed by atoms with Crippen LogP contribution >= 0.6 is 12.2 Å². The summed E-state index contributed by atoms with van der Waals surface area (Å²) in [5, 5.41) is 13.2. The Labute approximate surface area is 173 Å². The van der Waals surface area contributed by atoms with Gasteiger partial charge in [-0.1, -0.05) is 41.6 Å². The molecule has 4 N–H and O–H groups in total. The van der Waals surface area contributed by atoms with Gasteiger partial charge in [0.05, 0.1) is 6.54 Å². The maximum atomic E-state index is 12.3. The van der Waals surface area contributed by atoms with E-state index in [1.165, 1.54) is 10.2 Å². The summed E-state index contributed by atoms with van der Waals surface area (Å²) in [5.41, 5.74) is 9.08. The molecule has 3 aromatic rings. The van der Waals surface area contributed by atoms with E-state index < -0.39 is 5.91 Å². The Balaban J connectivity index is 1.80. The number of primary amides is 1. The number of thiocarbonyl (C=S) groups is 1. The minimum atomic E-state index is -0.754. The molecule has 0 saturated heterocycles. The zero-order valence-electron chi connectivity index (χ0n) is 16.0. The van der Waals surface area contributed by atoms with Crippen LogP contribution in [0.3, 0.4) is 0 Å². The Hall–Kier alpha value is -3.59. The van der Waals surface area contributed by atoms with E-state index in [0.29, 0.717) is 12.1 Å². The Morgan fingerprint density at radius 1 is 1.10 bits per heavy atom. The van der Waals surface area contributed by atoms with E-state index in [4.69, 9.17) is 18.0 Å². The monoisotopic (exact) mass is 408 g/mol. The second-order valence-corrected chi connectivity index (χ2v) is 6.91. The summed E-state index contributed by atoms with van der Waals surface area (Å²) in [5.74, 6) is -0.915. The van der Waals surface area contributed by atoms with Crippen LogP contribution in [0, 0.1) is 13.8 Å². The van der Waals surface area contributed by atoms with Crippen molar-refractivity contribution in [2.45, 2.75) is 20.4 Å². The largest absolute Gasteiger partial charge is 0.364 e. The highest BCUT2D eigenvalue weighted by Gasteiger charge is 2.20. The molecule has 0 bridgehead atoms. The number of anilines is 1. The molecule has 0 atom stereocenters. The van der Waals surface area contributed by atoms with E-state index >= 15 is 0 Å². The number of hydrogen-bond acceptors (Lipinski definition) is 5. The van der Waals surface area contributed by atoms with Gasteiger partial charge < -0.3 is 11.1 Å². The van der Waals surface area contributed by atoms with Gasteiger partial charge in [-0.2, -0.15) is 0 Å². The topological polar surface area (TPSA) is 115 Å². The fraction of sp³-hybridized carbons (Fsp3) is 0.150. The molecule has 148 valence electrons. The van der Waals surface area contributed by atoms with Crippen molar-refractivity contribution in [3.8, 4) is 0 Å². The number of nitrogens with two attached hydrogens (primary N) is 1. The third-order valence-corrected chi connectivity index (χ3v) is 4.57. The molecule has 1 aromatic heterocycles. The lowest BCUT2D eigenvalue weighted by Gasteiger charge is -2.12. The van der Waals surface area contributed by atoms with Crippen molar-refractivity contribution in [2.75, 3.05) is 5.32 Å². The van der Waals surface area contributed by atoms with Gasteiger partial charge >= 0.3 is 0 Å². The van der Waals surface area contributed by atoms with E-state index in [1.807, 2.05) is 38.1 Å². The standard InChI is InChI=1S/C20H20N6O2S/c1-12-8-9-14(10-13(12)2)11-26-18(16(17(21)27)24-25-26)22-20(29)23-19(28)15-6-4-3-5-7-15/h3-10H,11H2,1-2H3,(H2,21,27)(H2,22,23,28,29). The molecule has 0 aliphatic heterocycles. The third kappa shape index (κ3) is 4.82. The zero-order chi connectivity index (χ0) is 21.0. The van der Waals surface area contributed by atoms with Gasteiger partial charge in [0.25, 0.3) is 11.8 Å². The number of carbonyl (C=O) groups excluding carboxylic acids is 2. The fourth-order valence-corrected chi connectivity index (χ4v) is 2.88. The minimum Gasteiger partial charge on any atom is -0.364 e. The average Bonchev–Trinajstić information content (AvgIpc) is 3.07. The first kappa shape index (κ1) is 20.2. The molecular formula is C20H20N6O2S. The lowest BCUT2D eigenvalue weighted by atomic mass is 10.1. The van der Waals surface area contributed by atoms with Crippen molar-refractivity contribution in [3.63, 3.8) is 0 Å². The lowest BCUT2D eigenvalue weighted by molar-refractivity contribution is 0.0975. The highest BCUT2D eigenvalue weighted by molar-refractivity contribution is 7.80. The molecule has 2 aromatic carbocycles. The van der Waals surface area contributed by atoms with Gasteiger partial charge in [-0.25, -0.2) is 4.68 Å². The molecule has 0 spiro atoms. The molecule has 0 aliphatic rings. The number of nitrogens with one attached hydrogen (secondary N) is 2. The van der Waals surface area contributed by atoms with Crippen molar-refractivity contribution in [3.05, 3.63) is 76.5 Å². The van der Waals surface area contributed by atoms with Crippen LogP contribution in [0.4, 0.5) is 5.82 Å². The maximum absolute atomic E-state index is 12.3. The molecule has 9 heteroatoms. The van der Waals surface area contributed by atoms with Gasteiger partial charge in [-0.3, -0.25) is 14.9 Å². The molecule has 3 rings (SSSR count). The highest BCUT2D eigenvalue weighted by Crippen LogP contribution is 2.16. The van der Waals surface area contributed by atoms with Gasteiger partial charge in [0.2, 0.25) is 0 Å². The Morgan fingerprint density at radius 2 is 1.83 bits per heavy atom. The van der Waals surface area contributed by atoms with E-state index in [1.54, 1.807) is 24.3 Å². The molecule has 0 fully saturated rings. The molecule has 0 aliphatic carbocycles. The molecule has 1 heterocycles. The highest BCUT2D eigenvalue weighted by atomic mass is 32.1. The van der Waals surface area contributed by atoms with Crippen LogP contribution in [-0.4, -0.2) is 31.9 Å². The summed E-state index contributed by atoms with van der Waals surface area (Å²) in [4.78, 5) is 24.0. The number of amides is 2. The lowest BCUT2D eigenvalue weighted by Crippen LogP contribution is -2.35. The molecule has 29 heavy (non-hydrogen) atoms. The van der Waals surface area contributed by atoms with Crippen LogP contribution in [0.1, 0.15) is 37.5 Å². The first-order chi connectivity index (χ1) is 13.8. The van der Waals surface area contributed by atoms with Crippen LogP contribution in [0.15, 0.2) is 48.5 Å². The Bertz CT molecular complexity index is 1080. The number of benzene rings is 2. The predicted octanol–water partition coefficient (Wildman–Crippen LogP) is 2.17. The van der Waals surface area contributed by atoms with Gasteiger partial charge in [-0.15, -0.1) is 5.10 Å². The Kier molecular flexibility index (Phi) is 5.99. The van der Waals surface area contributed by atoms with Crippen molar-refractivity contribution in [2.24, 2.45) is 5.73 Å². The molecule has 0 unspecified atom stereocenters. The second kappa shape index (κ2) is 8.61. The van der Waals surface area contributed by atoms with Crippen LogP contribution < -0.4 is 16.4 Å². The molecule has 8 nitrogen and oxygen atoms in total. The smallest absolute Gasteiger partial charge is 0.273 e. The van der Waals surface area contributed by atoms with E-state index in [9.17, 15) is 9.59 Å². The van der Waals surface area contributed by atoms with Gasteiger partial charge in [0.15, 0.2) is 16.6 Å². The SMILES string of the molecule is Cc1ccc(Cn2nnc(C(N)=O)c2NC(=S)NC(=O)c2ccccc2)cc1C. The second-order valence-electron chi connectivity index (χ2n) is 6.50. The molecule has 2 amide bonds. The number of aromatic nitrogens is 3. The summed E-state index contributed by atoms with van der Waals surface area (Å²) in [6, 6.07) is 14.6. The summed E-state index contributed by atoms with van der Waals surface area (Å²) in [6.07, 6.45) is 0. The van der Waals surface area contributed by atoms with Crippen molar-refractivity contribution in [1.82, 2.24) is 20.3 Å². The minimum absolute atomic E-state index is 0.00462. The van der Waals surface area contributed by atoms with Crippen LogP contribution in [-0.2, 0) is 6.54 Å². The van der Waals surface area contributed by atoms with E-state index in [-0.39, 0.29) is 22.5 Å². The molecular weight excluding hydrogens is 388 g/mol. The summed E-state index contributed by atoms with van der Waals surface area (Å²) < 4.78 is 1.48. The maximum Gasteiger partial charge on any atom is 0.273 e. The number of nitrogens with zero attached hydrogens (tertiary/aromatic N) is 3. The van der Waals surface area contributed by atoms with Crippen molar-refractivity contribution >= 4 is 35.0 Å². The normalized spacial score (nSPS) is 10.4. The first-order valence-electron chi connectivity index (χ1n) is 8.82. The number of carbonyl (C=O) groups is 2. The van der Waals surface area contributed by atoms with Crippen LogP contribution in [0.2, 0.25) is 0 Å². The molecule has 0 saturated carbocycles. The fourth-order valence-electron chi connectivity index (χ4n) is 2.69. The summed E-state index contributed by atoms with van der Waals surface area (Å²) in [6.45, 7) is 4.39. The van der Waals surface area contributed by atoms with E-state index in [0.717, 1.165) is 11.1 Å². The number of aryl methyl sites for hydroxylation is 2. The quantitative estimate of drug-likeness (QED) is 0.558. The van der Waals surface area contributed by atoms with Crippen molar-refractivity contribution < 1.29 is 9.59 Å². The van der Waals surface area contributed by atoms with Gasteiger partial charge in [0.1, 0.15) is 0 Å². The summed E-state index contributed by atoms with van der Waals surface area (Å²) in [7, 11) is 0. The van der Waals surface area contributed by atoms with E-state index in [2.05, 4.69) is 20.9 Å². The number of rotatable bonds is 5. The average molecular weight is 408 g/mol.